The van der Waals surface area contributed by atoms with E-state index in [1.54, 1.807) is 0 Å². The molecule has 1 heterocycles. The van der Waals surface area contributed by atoms with Gasteiger partial charge in [0.2, 0.25) is 0 Å². The molecule has 0 saturated heterocycles. The summed E-state index contributed by atoms with van der Waals surface area (Å²) in [6.45, 7) is 4.65. The van der Waals surface area contributed by atoms with Gasteiger partial charge in [0.25, 0.3) is 18.0 Å². The van der Waals surface area contributed by atoms with Crippen molar-refractivity contribution >= 4 is 38.7 Å². The first-order valence-corrected chi connectivity index (χ1v) is 10.3. The Bertz CT molecular complexity index is 1350. The second-order valence-electron chi connectivity index (χ2n) is 6.94. The van der Waals surface area contributed by atoms with Crippen LogP contribution in [0.15, 0.2) is 42.5 Å². The zero-order valence-electron chi connectivity index (χ0n) is 16.7. The Morgan fingerprint density at radius 2 is 1.65 bits per heavy atom. The predicted octanol–water partition coefficient (Wildman–Crippen LogP) is 3.67. The summed E-state index contributed by atoms with van der Waals surface area (Å²) >= 11 is 0. The summed E-state index contributed by atoms with van der Waals surface area (Å²) in [6.07, 6.45) is -11.5. The number of hydroxylamine groups is 2. The summed E-state index contributed by atoms with van der Waals surface area (Å²) in [6, 6.07) is 5.69. The Labute approximate surface area is 186 Å². The van der Waals surface area contributed by atoms with Gasteiger partial charge < -0.3 is 4.74 Å². The fraction of sp³-hybridized carbons (Fsp3) is 0.211. The average molecular weight is 511 g/mol. The molecule has 1 unspecified atom stereocenters. The molecule has 2 amide bonds. The third-order valence-corrected chi connectivity index (χ3v) is 5.65. The third-order valence-electron chi connectivity index (χ3n) is 4.43. The van der Waals surface area contributed by atoms with Gasteiger partial charge in [0.05, 0.1) is 11.1 Å². The minimum Gasteiger partial charge on any atom is -0.423 e. The Morgan fingerprint density at radius 1 is 1.06 bits per heavy atom. The van der Waals surface area contributed by atoms with Gasteiger partial charge in [-0.2, -0.15) is 30.4 Å². The van der Waals surface area contributed by atoms with Crippen LogP contribution in [0, 0.1) is 0 Å². The highest BCUT2D eigenvalue weighted by Gasteiger charge is 2.66. The number of alkyl halides is 6. The molecule has 34 heavy (non-hydrogen) atoms. The van der Waals surface area contributed by atoms with E-state index in [4.69, 9.17) is 4.74 Å². The fourth-order valence-electron chi connectivity index (χ4n) is 2.84. The number of imide groups is 1. The normalized spacial score (nSPS) is 15.4. The molecule has 0 N–H and O–H groups in total. The molecule has 2 aromatic carbocycles. The first kappa shape index (κ1) is 25.2. The van der Waals surface area contributed by atoms with Crippen LogP contribution in [0.5, 0.6) is 5.75 Å². The van der Waals surface area contributed by atoms with Crippen LogP contribution in [0.4, 0.5) is 26.3 Å². The first-order chi connectivity index (χ1) is 15.5. The Balaban J connectivity index is 2.08. The van der Waals surface area contributed by atoms with Gasteiger partial charge >= 0.3 is 27.5 Å². The van der Waals surface area contributed by atoms with Crippen molar-refractivity contribution < 1.29 is 58.2 Å². The molecule has 8 nitrogen and oxygen atoms in total. The second-order valence-corrected chi connectivity index (χ2v) is 8.55. The molecule has 0 saturated carbocycles. The quantitative estimate of drug-likeness (QED) is 0.192. The number of amides is 2. The van der Waals surface area contributed by atoms with Gasteiger partial charge in [0.1, 0.15) is 5.75 Å². The maximum Gasteiger partial charge on any atom is 0.426 e. The molecule has 3 rings (SSSR count). The van der Waals surface area contributed by atoms with Gasteiger partial charge in [-0.15, -0.1) is 9.35 Å². The molecule has 1 aliphatic rings. The number of rotatable bonds is 6. The lowest BCUT2D eigenvalue weighted by molar-refractivity contribution is -0.224. The number of halogens is 6. The summed E-state index contributed by atoms with van der Waals surface area (Å²) < 4.78 is 110. The molecular formula is C19H11F6NO7S. The van der Waals surface area contributed by atoms with E-state index >= 15 is 0 Å². The molecule has 2 aromatic rings. The van der Waals surface area contributed by atoms with Crippen LogP contribution in [-0.4, -0.2) is 48.9 Å². The van der Waals surface area contributed by atoms with Crippen LogP contribution in [0.3, 0.4) is 0 Å². The predicted molar refractivity (Wildman–Crippen MR) is 101 cm³/mol. The van der Waals surface area contributed by atoms with Crippen LogP contribution in [-0.2, 0) is 19.2 Å². The summed E-state index contributed by atoms with van der Waals surface area (Å²) in [5.74, 6) is -4.57. The molecule has 15 heteroatoms. The number of carbonyl (C=O) groups is 3. The van der Waals surface area contributed by atoms with Crippen molar-refractivity contribution in [2.24, 2.45) is 0 Å². The van der Waals surface area contributed by atoms with E-state index in [1.165, 1.54) is 25.1 Å². The molecule has 0 radical (unpaired) electrons. The van der Waals surface area contributed by atoms with Gasteiger partial charge in [0, 0.05) is 11.0 Å². The van der Waals surface area contributed by atoms with Crippen LogP contribution >= 0.6 is 0 Å². The zero-order chi connectivity index (χ0) is 25.8. The van der Waals surface area contributed by atoms with Crippen LogP contribution < -0.4 is 4.74 Å². The van der Waals surface area contributed by atoms with Crippen LogP contribution in [0.25, 0.3) is 10.8 Å². The molecule has 0 spiro atoms. The molecule has 0 aliphatic carbocycles. The maximum atomic E-state index is 13.8. The van der Waals surface area contributed by atoms with Gasteiger partial charge in [0.15, 0.2) is 0 Å². The van der Waals surface area contributed by atoms with Crippen molar-refractivity contribution in [3.8, 4) is 5.75 Å². The van der Waals surface area contributed by atoms with Gasteiger partial charge in [-0.3, -0.25) is 9.59 Å². The Morgan fingerprint density at radius 3 is 2.21 bits per heavy atom. The number of nitrogens with zero attached hydrogens (tertiary/aromatic N) is 1. The van der Waals surface area contributed by atoms with Crippen molar-refractivity contribution in [2.45, 2.75) is 24.5 Å². The molecule has 1 atom stereocenters. The van der Waals surface area contributed by atoms with Crippen LogP contribution in [0.1, 0.15) is 27.6 Å². The monoisotopic (exact) mass is 511 g/mol. The van der Waals surface area contributed by atoms with E-state index in [-0.39, 0.29) is 22.1 Å². The van der Waals surface area contributed by atoms with Crippen molar-refractivity contribution in [1.29, 1.82) is 0 Å². The number of carbonyl (C=O) groups excluding carboxylic acids is 3. The van der Waals surface area contributed by atoms with E-state index in [1.807, 2.05) is 0 Å². The van der Waals surface area contributed by atoms with Crippen LogP contribution in [0.2, 0.25) is 0 Å². The number of esters is 1. The van der Waals surface area contributed by atoms with Gasteiger partial charge in [-0.25, -0.2) is 9.18 Å². The number of hydrogen-bond donors (Lipinski definition) is 0. The lowest BCUT2D eigenvalue weighted by Gasteiger charge is -2.28. The summed E-state index contributed by atoms with van der Waals surface area (Å²) in [4.78, 5) is 37.1. The van der Waals surface area contributed by atoms with Crippen molar-refractivity contribution in [3.63, 3.8) is 0 Å². The number of hydrogen-bond acceptors (Lipinski definition) is 7. The highest BCUT2D eigenvalue weighted by molar-refractivity contribution is 7.87. The van der Waals surface area contributed by atoms with Gasteiger partial charge in [-0.05, 0) is 30.5 Å². The van der Waals surface area contributed by atoms with Crippen molar-refractivity contribution in [2.75, 3.05) is 0 Å². The molecule has 0 aromatic heterocycles. The molecular weight excluding hydrogens is 500 g/mol. The Hall–Kier alpha value is -3.46. The summed E-state index contributed by atoms with van der Waals surface area (Å²) in [5.41, 5.74) is -1.09. The van der Waals surface area contributed by atoms with E-state index < -0.39 is 61.7 Å². The van der Waals surface area contributed by atoms with E-state index in [9.17, 15) is 49.1 Å². The molecule has 1 aliphatic heterocycles. The third kappa shape index (κ3) is 4.11. The smallest absolute Gasteiger partial charge is 0.423 e. The summed E-state index contributed by atoms with van der Waals surface area (Å²) in [7, 11) is -6.86. The number of ether oxygens (including phenoxy) is 1. The van der Waals surface area contributed by atoms with Crippen molar-refractivity contribution in [3.05, 3.63) is 53.6 Å². The van der Waals surface area contributed by atoms with Crippen molar-refractivity contribution in [1.82, 2.24) is 5.06 Å². The maximum absolute atomic E-state index is 13.8. The second kappa shape index (κ2) is 8.09. The molecule has 182 valence electrons. The van der Waals surface area contributed by atoms with E-state index in [0.29, 0.717) is 0 Å². The lowest BCUT2D eigenvalue weighted by Crippen LogP contribution is -2.51. The molecule has 0 bridgehead atoms. The largest absolute Gasteiger partial charge is 0.426 e. The highest BCUT2D eigenvalue weighted by atomic mass is 32.2. The number of benzene rings is 2. The topological polar surface area (TPSA) is 107 Å². The fourth-order valence-corrected chi connectivity index (χ4v) is 3.66. The zero-order valence-corrected chi connectivity index (χ0v) is 17.5. The first-order valence-electron chi connectivity index (χ1n) is 8.85. The average Bonchev–Trinajstić information content (AvgIpc) is 2.73. The molecule has 0 fully saturated rings. The summed E-state index contributed by atoms with van der Waals surface area (Å²) in [5, 5.41) is -6.95. The SMILES string of the molecule is C=C(C)C(=O)Oc1cc2c3c(cccc3c1)C(=O)N(OS(=O)(=O)C(F)(F)C(F)C(F)(F)F)C2=O. The highest BCUT2D eigenvalue weighted by Crippen LogP contribution is 2.41. The Kier molecular flexibility index (Phi) is 5.99. The standard InChI is InChI=1S/C19H11F6NO7S/c1-8(2)16(29)32-10-6-9-4-3-5-11-13(9)12(7-10)15(28)26(14(11)27)33-34(30,31)19(24,25)17(20)18(21,22)23/h3-7,17H,1H2,2H3. The minimum absolute atomic E-state index is 0.0484. The lowest BCUT2D eigenvalue weighted by atomic mass is 9.95. The van der Waals surface area contributed by atoms with E-state index in [0.717, 1.165) is 12.1 Å². The van der Waals surface area contributed by atoms with E-state index in [2.05, 4.69) is 10.9 Å². The van der Waals surface area contributed by atoms with Gasteiger partial charge in [-0.1, -0.05) is 18.7 Å². The minimum atomic E-state index is -6.86.